The van der Waals surface area contributed by atoms with Crippen LogP contribution in [0.2, 0.25) is 0 Å². The molecule has 2 saturated heterocycles. The number of benzene rings is 2. The molecule has 2 N–H and O–H groups in total. The van der Waals surface area contributed by atoms with Crippen LogP contribution in [0.15, 0.2) is 107 Å². The molecule has 0 aliphatic carbocycles. The Balaban J connectivity index is 1.13. The number of nitrogens with one attached hydrogen (secondary N) is 2. The van der Waals surface area contributed by atoms with Crippen LogP contribution in [0.25, 0.3) is 5.70 Å². The first-order valence-corrected chi connectivity index (χ1v) is 21.2. The van der Waals surface area contributed by atoms with Gasteiger partial charge in [-0.25, -0.2) is 20.0 Å². The molecule has 10 nitrogen and oxygen atoms in total. The molecule has 0 radical (unpaired) electrons. The summed E-state index contributed by atoms with van der Waals surface area (Å²) in [5, 5.41) is 7.34. The number of fused-ring (bicyclic) bond motifs is 1. The van der Waals surface area contributed by atoms with Gasteiger partial charge in [0.15, 0.2) is 11.8 Å². The number of amidine groups is 2. The third kappa shape index (κ3) is 7.93. The summed E-state index contributed by atoms with van der Waals surface area (Å²) in [6, 6.07) is 21.6. The molecule has 5 aliphatic heterocycles. The van der Waals surface area contributed by atoms with Crippen molar-refractivity contribution in [3.05, 3.63) is 101 Å². The topological polar surface area (TPSA) is 106 Å². The first-order chi connectivity index (χ1) is 27.9. The van der Waals surface area contributed by atoms with Crippen molar-refractivity contribution in [2.45, 2.75) is 97.3 Å². The Hall–Kier alpha value is -5.64. The molecule has 0 spiro atoms. The number of hydrogen-bond donors (Lipinski definition) is 2. The fraction of sp³-hybridized carbons (Fsp3) is 0.417. The van der Waals surface area contributed by atoms with Gasteiger partial charge in [0, 0.05) is 71.6 Å². The maximum atomic E-state index is 6.38. The minimum atomic E-state index is -0.172. The standard InChI is InChI=1S/C48H56N8O2/c1-47(2,3)41-17-19-43(57-41)51-39-28-32(55-21-9-7-10-22-55)13-15-34(39)37-26-31-25-36-45(53-37)49-30-50-46(36)54-38(27-31)35-16-14-33(56-23-11-8-12-24-56)29-40(35)52-44-20-18-42(58-44)48(4,5)6/h13-20,26-30,36,51-52H,7-12,21-25H2,1-6H3. The van der Waals surface area contributed by atoms with E-state index in [2.05, 4.69) is 123 Å². The van der Waals surface area contributed by atoms with Crippen molar-refractivity contribution in [3.8, 4) is 0 Å². The van der Waals surface area contributed by atoms with Crippen molar-refractivity contribution in [2.75, 3.05) is 46.6 Å². The van der Waals surface area contributed by atoms with Gasteiger partial charge in [-0.15, -0.1) is 0 Å². The molecular formula is C48H56N8O2. The molecule has 58 heavy (non-hydrogen) atoms. The normalized spacial score (nSPS) is 19.7. The van der Waals surface area contributed by atoms with E-state index in [0.29, 0.717) is 29.9 Å². The molecule has 0 amide bonds. The lowest BCUT2D eigenvalue weighted by atomic mass is 9.94. The predicted octanol–water partition coefficient (Wildman–Crippen LogP) is 11.6. The summed E-state index contributed by atoms with van der Waals surface area (Å²) in [5.74, 6) is 4.54. The molecule has 2 aromatic heterocycles. The van der Waals surface area contributed by atoms with Crippen LogP contribution in [-0.2, 0) is 10.8 Å². The summed E-state index contributed by atoms with van der Waals surface area (Å²) in [6.07, 6.45) is 14.1. The van der Waals surface area contributed by atoms with E-state index in [4.69, 9.17) is 28.8 Å². The molecule has 10 heteroatoms. The number of rotatable bonds is 8. The largest absolute Gasteiger partial charge is 0.445 e. The number of piperidine rings is 2. The molecule has 300 valence electrons. The van der Waals surface area contributed by atoms with E-state index < -0.39 is 0 Å². The van der Waals surface area contributed by atoms with E-state index in [0.717, 1.165) is 77.2 Å². The van der Waals surface area contributed by atoms with Gasteiger partial charge in [0.05, 0.1) is 28.7 Å². The fourth-order valence-electron chi connectivity index (χ4n) is 8.47. The summed E-state index contributed by atoms with van der Waals surface area (Å²) < 4.78 is 12.8. The van der Waals surface area contributed by atoms with Crippen LogP contribution in [0, 0.1) is 5.92 Å². The zero-order valence-electron chi connectivity index (χ0n) is 34.9. The summed E-state index contributed by atoms with van der Waals surface area (Å²) >= 11 is 0. The summed E-state index contributed by atoms with van der Waals surface area (Å²) in [5.41, 5.74) is 8.81. The molecule has 2 aromatic carbocycles. The van der Waals surface area contributed by atoms with Crippen LogP contribution in [-0.4, -0.2) is 49.9 Å². The Morgan fingerprint density at radius 3 is 1.71 bits per heavy atom. The minimum Gasteiger partial charge on any atom is -0.445 e. The van der Waals surface area contributed by atoms with Gasteiger partial charge in [-0.05, 0) is 111 Å². The minimum absolute atomic E-state index is 0.106. The van der Waals surface area contributed by atoms with Crippen molar-refractivity contribution >= 4 is 63.9 Å². The van der Waals surface area contributed by atoms with Crippen LogP contribution in [0.5, 0.6) is 0 Å². The summed E-state index contributed by atoms with van der Waals surface area (Å²) in [4.78, 5) is 25.0. The van der Waals surface area contributed by atoms with Crippen LogP contribution in [0.1, 0.15) is 109 Å². The van der Waals surface area contributed by atoms with Crippen molar-refractivity contribution in [2.24, 2.45) is 25.9 Å². The SMILES string of the molecule is CC(C)(C)c1ccc(Nc2cc(N3CCCCC3)ccc2C2=CC3=CC(c4ccc(N5CCCCC5)cc4Nc4ccc(C(C)(C)C)o4)=NC4=NC=NC(=N2)C4C3)o1. The molecule has 4 aromatic rings. The van der Waals surface area contributed by atoms with Gasteiger partial charge in [0.2, 0.25) is 0 Å². The van der Waals surface area contributed by atoms with Crippen LogP contribution >= 0.6 is 0 Å². The Kier molecular flexibility index (Phi) is 9.98. The van der Waals surface area contributed by atoms with Gasteiger partial charge in [-0.3, -0.25) is 0 Å². The van der Waals surface area contributed by atoms with Crippen molar-refractivity contribution in [3.63, 3.8) is 0 Å². The Labute approximate surface area is 342 Å². The molecule has 2 bridgehead atoms. The first kappa shape index (κ1) is 37.9. The Morgan fingerprint density at radius 1 is 0.603 bits per heavy atom. The number of furan rings is 2. The highest BCUT2D eigenvalue weighted by atomic mass is 16.4. The van der Waals surface area contributed by atoms with Gasteiger partial charge >= 0.3 is 0 Å². The highest BCUT2D eigenvalue weighted by Crippen LogP contribution is 2.40. The molecule has 2 fully saturated rings. The zero-order chi connectivity index (χ0) is 40.0. The fourth-order valence-corrected chi connectivity index (χ4v) is 8.47. The predicted molar refractivity (Wildman–Crippen MR) is 240 cm³/mol. The van der Waals surface area contributed by atoms with E-state index in [9.17, 15) is 0 Å². The van der Waals surface area contributed by atoms with E-state index in [-0.39, 0.29) is 16.7 Å². The lowest BCUT2D eigenvalue weighted by Crippen LogP contribution is -2.29. The molecule has 1 unspecified atom stereocenters. The third-order valence-electron chi connectivity index (χ3n) is 11.8. The van der Waals surface area contributed by atoms with Gasteiger partial charge in [0.25, 0.3) is 0 Å². The third-order valence-corrected chi connectivity index (χ3v) is 11.8. The molecule has 7 heterocycles. The summed E-state index contributed by atoms with van der Waals surface area (Å²) in [6.45, 7) is 17.2. The number of hydrogen-bond acceptors (Lipinski definition) is 10. The Morgan fingerprint density at radius 2 is 1.16 bits per heavy atom. The molecule has 5 aliphatic rings. The maximum absolute atomic E-state index is 6.38. The monoisotopic (exact) mass is 776 g/mol. The molecule has 1 atom stereocenters. The zero-order valence-corrected chi connectivity index (χ0v) is 34.9. The highest BCUT2D eigenvalue weighted by Gasteiger charge is 2.32. The maximum Gasteiger partial charge on any atom is 0.197 e. The van der Waals surface area contributed by atoms with Crippen LogP contribution in [0.3, 0.4) is 0 Å². The molecule has 9 rings (SSSR count). The van der Waals surface area contributed by atoms with Gasteiger partial charge in [-0.2, -0.15) is 0 Å². The smallest absolute Gasteiger partial charge is 0.197 e. The second kappa shape index (κ2) is 15.3. The van der Waals surface area contributed by atoms with E-state index in [1.54, 1.807) is 6.34 Å². The van der Waals surface area contributed by atoms with Crippen molar-refractivity contribution < 1.29 is 8.83 Å². The van der Waals surface area contributed by atoms with E-state index in [1.165, 1.54) is 49.9 Å². The number of anilines is 6. The van der Waals surface area contributed by atoms with E-state index >= 15 is 0 Å². The first-order valence-electron chi connectivity index (χ1n) is 21.2. The number of allylic oxidation sites excluding steroid dienone is 3. The van der Waals surface area contributed by atoms with Crippen LogP contribution in [0.4, 0.5) is 34.5 Å². The van der Waals surface area contributed by atoms with Crippen molar-refractivity contribution in [1.29, 1.82) is 0 Å². The highest BCUT2D eigenvalue weighted by molar-refractivity contribution is 6.24. The average Bonchev–Trinajstić information content (AvgIpc) is 3.81. The van der Waals surface area contributed by atoms with Gasteiger partial charge in [-0.1, -0.05) is 41.5 Å². The lowest BCUT2D eigenvalue weighted by molar-refractivity contribution is 0.418. The van der Waals surface area contributed by atoms with Gasteiger partial charge < -0.3 is 29.3 Å². The van der Waals surface area contributed by atoms with Crippen LogP contribution < -0.4 is 20.4 Å². The second-order valence-corrected chi connectivity index (χ2v) is 18.3. The quantitative estimate of drug-likeness (QED) is 0.185. The van der Waals surface area contributed by atoms with Gasteiger partial charge in [0.1, 0.15) is 29.5 Å². The number of nitrogens with zero attached hydrogens (tertiary/aromatic N) is 6. The lowest BCUT2D eigenvalue weighted by Gasteiger charge is -2.29. The number of aliphatic imine (C=N–C) groups is 4. The molecule has 0 saturated carbocycles. The Bertz CT molecular complexity index is 2260. The average molecular weight is 777 g/mol. The second-order valence-electron chi connectivity index (χ2n) is 18.3. The van der Waals surface area contributed by atoms with E-state index in [1.807, 2.05) is 12.1 Å². The van der Waals surface area contributed by atoms with Crippen molar-refractivity contribution in [1.82, 2.24) is 0 Å². The summed E-state index contributed by atoms with van der Waals surface area (Å²) in [7, 11) is 0. The molecular weight excluding hydrogens is 721 g/mol.